The normalized spacial score (nSPS) is 23.1. The minimum Gasteiger partial charge on any atom is -0.503 e. The van der Waals surface area contributed by atoms with Crippen LogP contribution in [0.15, 0.2) is 17.1 Å². The van der Waals surface area contributed by atoms with E-state index in [1.807, 2.05) is 0 Å². The average molecular weight is 294 g/mol. The fourth-order valence-corrected chi connectivity index (χ4v) is 3.18. The smallest absolute Gasteiger partial charge is 0.323 e. The van der Waals surface area contributed by atoms with E-state index in [4.69, 9.17) is 5.11 Å². The first-order valence-corrected chi connectivity index (χ1v) is 7.21. The molecule has 116 valence electrons. The summed E-state index contributed by atoms with van der Waals surface area (Å²) < 4.78 is 1.43. The van der Waals surface area contributed by atoms with Gasteiger partial charge in [-0.25, -0.2) is 0 Å². The van der Waals surface area contributed by atoms with E-state index in [1.54, 1.807) is 0 Å². The molecule has 2 atom stereocenters. The maximum atomic E-state index is 11.6. The number of likely N-dealkylation sites (tertiary alicyclic amines) is 1. The molecule has 0 amide bonds. The highest BCUT2D eigenvalue weighted by Crippen LogP contribution is 2.22. The number of hydrogen-bond donors (Lipinski definition) is 2. The molecule has 1 aliphatic heterocycles. The van der Waals surface area contributed by atoms with Crippen molar-refractivity contribution in [1.29, 1.82) is 0 Å². The van der Waals surface area contributed by atoms with Crippen LogP contribution in [0.3, 0.4) is 0 Å². The molecule has 1 aromatic rings. The van der Waals surface area contributed by atoms with E-state index in [0.29, 0.717) is 24.1 Å². The molecule has 1 saturated heterocycles. The molecule has 2 N–H and O–H groups in total. The van der Waals surface area contributed by atoms with Gasteiger partial charge in [-0.1, -0.05) is 13.8 Å². The Labute approximate surface area is 123 Å². The topological polar surface area (TPSA) is 82.8 Å². The predicted octanol–water partition coefficient (Wildman–Crippen LogP) is 1.12. The maximum Gasteiger partial charge on any atom is 0.323 e. The van der Waals surface area contributed by atoms with Gasteiger partial charge in [0.2, 0.25) is 5.43 Å². The fourth-order valence-electron chi connectivity index (χ4n) is 3.18. The van der Waals surface area contributed by atoms with Crippen LogP contribution >= 0.6 is 0 Å². The van der Waals surface area contributed by atoms with Crippen LogP contribution < -0.4 is 5.43 Å². The molecule has 2 rings (SSSR count). The number of piperidine rings is 1. The van der Waals surface area contributed by atoms with Crippen LogP contribution in [0.5, 0.6) is 5.75 Å². The molecule has 1 fully saturated rings. The SMILES string of the molecule is CC1CC(C)CN(Cc2cc(=O)c(O)cn2CC(=O)O)C1. The van der Waals surface area contributed by atoms with Gasteiger partial charge in [0, 0.05) is 31.4 Å². The average Bonchev–Trinajstić information content (AvgIpc) is 2.33. The van der Waals surface area contributed by atoms with Gasteiger partial charge in [-0.2, -0.15) is 0 Å². The lowest BCUT2D eigenvalue weighted by Gasteiger charge is -2.35. The Morgan fingerprint density at radius 3 is 2.52 bits per heavy atom. The minimum absolute atomic E-state index is 0.262. The van der Waals surface area contributed by atoms with Crippen molar-refractivity contribution in [3.05, 3.63) is 28.2 Å². The standard InChI is InChI=1S/C15H22N2O4/c1-10-3-11(2)6-16(5-10)7-12-4-13(18)14(19)8-17(12)9-15(20)21/h4,8,10-11,19H,3,5-7,9H2,1-2H3,(H,20,21). The van der Waals surface area contributed by atoms with Gasteiger partial charge in [0.15, 0.2) is 5.75 Å². The van der Waals surface area contributed by atoms with Gasteiger partial charge in [-0.15, -0.1) is 0 Å². The molecule has 0 saturated carbocycles. The van der Waals surface area contributed by atoms with Gasteiger partial charge in [0.1, 0.15) is 6.54 Å². The van der Waals surface area contributed by atoms with Gasteiger partial charge in [0.05, 0.1) is 6.20 Å². The third kappa shape index (κ3) is 4.07. The lowest BCUT2D eigenvalue weighted by molar-refractivity contribution is -0.137. The van der Waals surface area contributed by atoms with Crippen molar-refractivity contribution in [3.8, 4) is 5.75 Å². The number of carboxylic acids is 1. The Hall–Kier alpha value is -1.82. The van der Waals surface area contributed by atoms with Crippen LogP contribution in [0.4, 0.5) is 0 Å². The molecule has 6 heteroatoms. The quantitative estimate of drug-likeness (QED) is 0.869. The number of rotatable bonds is 4. The highest BCUT2D eigenvalue weighted by Gasteiger charge is 2.22. The molecule has 0 aliphatic carbocycles. The monoisotopic (exact) mass is 294 g/mol. The van der Waals surface area contributed by atoms with E-state index in [9.17, 15) is 14.7 Å². The first kappa shape index (κ1) is 15.6. The lowest BCUT2D eigenvalue weighted by Crippen LogP contribution is -2.39. The first-order chi connectivity index (χ1) is 9.85. The fraction of sp³-hybridized carbons (Fsp3) is 0.600. The van der Waals surface area contributed by atoms with Crippen LogP contribution in [0.1, 0.15) is 26.0 Å². The van der Waals surface area contributed by atoms with E-state index in [2.05, 4.69) is 18.7 Å². The summed E-state index contributed by atoms with van der Waals surface area (Å²) in [7, 11) is 0. The van der Waals surface area contributed by atoms with Crippen molar-refractivity contribution in [2.24, 2.45) is 11.8 Å². The summed E-state index contributed by atoms with van der Waals surface area (Å²) in [6, 6.07) is 1.34. The zero-order valence-corrected chi connectivity index (χ0v) is 12.5. The third-order valence-corrected chi connectivity index (χ3v) is 3.83. The summed E-state index contributed by atoms with van der Waals surface area (Å²) in [5, 5.41) is 18.4. The molecule has 0 aromatic carbocycles. The van der Waals surface area contributed by atoms with E-state index in [-0.39, 0.29) is 6.54 Å². The van der Waals surface area contributed by atoms with Crippen LogP contribution in [0, 0.1) is 11.8 Å². The number of aliphatic carboxylic acids is 1. The molecule has 0 radical (unpaired) electrons. The second-order valence-electron chi connectivity index (χ2n) is 6.18. The molecular formula is C15H22N2O4. The van der Waals surface area contributed by atoms with Crippen LogP contribution in [0.2, 0.25) is 0 Å². The predicted molar refractivity (Wildman–Crippen MR) is 78.2 cm³/mol. The summed E-state index contributed by atoms with van der Waals surface area (Å²) >= 11 is 0. The molecule has 0 bridgehead atoms. The Kier molecular flexibility index (Phi) is 4.67. The minimum atomic E-state index is -1.00. The maximum absolute atomic E-state index is 11.6. The Morgan fingerprint density at radius 1 is 1.33 bits per heavy atom. The third-order valence-electron chi connectivity index (χ3n) is 3.83. The van der Waals surface area contributed by atoms with E-state index >= 15 is 0 Å². The summed E-state index contributed by atoms with van der Waals surface area (Å²) in [4.78, 5) is 24.8. The van der Waals surface area contributed by atoms with Crippen molar-refractivity contribution in [3.63, 3.8) is 0 Å². The number of carboxylic acid groups (broad SMARTS) is 1. The van der Waals surface area contributed by atoms with E-state index in [1.165, 1.54) is 23.3 Å². The highest BCUT2D eigenvalue weighted by molar-refractivity contribution is 5.66. The van der Waals surface area contributed by atoms with Gasteiger partial charge in [-0.05, 0) is 18.3 Å². The van der Waals surface area contributed by atoms with Crippen molar-refractivity contribution < 1.29 is 15.0 Å². The molecule has 0 spiro atoms. The number of aromatic nitrogens is 1. The summed E-state index contributed by atoms with van der Waals surface area (Å²) in [5.74, 6) is -0.240. The second-order valence-corrected chi connectivity index (χ2v) is 6.18. The molecule has 2 heterocycles. The summed E-state index contributed by atoms with van der Waals surface area (Å²) in [5.41, 5.74) is 0.159. The van der Waals surface area contributed by atoms with Gasteiger partial charge < -0.3 is 14.8 Å². The van der Waals surface area contributed by atoms with Gasteiger partial charge in [-0.3, -0.25) is 14.5 Å². The molecule has 6 nitrogen and oxygen atoms in total. The number of hydrogen-bond acceptors (Lipinski definition) is 4. The van der Waals surface area contributed by atoms with Crippen LogP contribution in [-0.4, -0.2) is 38.7 Å². The van der Waals surface area contributed by atoms with Gasteiger partial charge >= 0.3 is 5.97 Å². The van der Waals surface area contributed by atoms with E-state index < -0.39 is 17.1 Å². The van der Waals surface area contributed by atoms with Crippen molar-refractivity contribution in [2.45, 2.75) is 33.4 Å². The molecule has 1 aromatic heterocycles. The zero-order chi connectivity index (χ0) is 15.6. The van der Waals surface area contributed by atoms with Crippen LogP contribution in [0.25, 0.3) is 0 Å². The number of nitrogens with zero attached hydrogens (tertiary/aromatic N) is 2. The number of carbonyl (C=O) groups is 1. The van der Waals surface area contributed by atoms with Crippen LogP contribution in [-0.2, 0) is 17.9 Å². The number of pyridine rings is 1. The van der Waals surface area contributed by atoms with Crippen molar-refractivity contribution in [2.75, 3.05) is 13.1 Å². The first-order valence-electron chi connectivity index (χ1n) is 7.21. The molecule has 2 unspecified atom stereocenters. The largest absolute Gasteiger partial charge is 0.503 e. The number of aromatic hydroxyl groups is 1. The zero-order valence-electron chi connectivity index (χ0n) is 12.5. The Bertz CT molecular complexity index is 572. The Balaban J connectivity index is 2.23. The van der Waals surface area contributed by atoms with Crippen molar-refractivity contribution >= 4 is 5.97 Å². The summed E-state index contributed by atoms with van der Waals surface area (Å²) in [6.45, 7) is 6.53. The highest BCUT2D eigenvalue weighted by atomic mass is 16.4. The molecule has 21 heavy (non-hydrogen) atoms. The van der Waals surface area contributed by atoms with E-state index in [0.717, 1.165) is 13.1 Å². The Morgan fingerprint density at radius 2 is 1.95 bits per heavy atom. The molecular weight excluding hydrogens is 272 g/mol. The van der Waals surface area contributed by atoms with Gasteiger partial charge in [0.25, 0.3) is 0 Å². The lowest BCUT2D eigenvalue weighted by atomic mass is 9.92. The molecule has 1 aliphatic rings. The second kappa shape index (κ2) is 6.30. The van der Waals surface area contributed by atoms with Crippen molar-refractivity contribution in [1.82, 2.24) is 9.47 Å². The summed E-state index contributed by atoms with van der Waals surface area (Å²) in [6.07, 6.45) is 2.40.